The van der Waals surface area contributed by atoms with Gasteiger partial charge in [-0.15, -0.1) is 0 Å². The first-order valence-electron chi connectivity index (χ1n) is 6.59. The van der Waals surface area contributed by atoms with Gasteiger partial charge >= 0.3 is 0 Å². The van der Waals surface area contributed by atoms with Crippen LogP contribution in [0.3, 0.4) is 0 Å². The zero-order chi connectivity index (χ0) is 15.0. The van der Waals surface area contributed by atoms with Crippen LogP contribution in [0.15, 0.2) is 23.3 Å². The molecule has 0 aliphatic heterocycles. The third-order valence-corrected chi connectivity index (χ3v) is 3.11. The number of thiocarbonyl (C=S) groups is 1. The van der Waals surface area contributed by atoms with Crippen LogP contribution in [-0.4, -0.2) is 24.0 Å². The predicted molar refractivity (Wildman–Crippen MR) is 88.8 cm³/mol. The molecule has 110 valence electrons. The highest BCUT2D eigenvalue weighted by atomic mass is 35.5. The van der Waals surface area contributed by atoms with Gasteiger partial charge in [-0.3, -0.25) is 5.43 Å². The SMILES string of the molecule is CCNC(=S)N/N=C\c1ccc(O[C@H](C)CC)c(Cl)c1. The molecule has 2 N–H and O–H groups in total. The molecule has 0 aromatic heterocycles. The van der Waals surface area contributed by atoms with E-state index in [4.69, 9.17) is 28.6 Å². The number of hydrogen-bond donors (Lipinski definition) is 2. The topological polar surface area (TPSA) is 45.7 Å². The van der Waals surface area contributed by atoms with Crippen molar-refractivity contribution in [3.8, 4) is 5.75 Å². The van der Waals surface area contributed by atoms with Gasteiger partial charge in [-0.25, -0.2) is 0 Å². The van der Waals surface area contributed by atoms with E-state index in [-0.39, 0.29) is 6.10 Å². The quantitative estimate of drug-likeness (QED) is 0.480. The maximum atomic E-state index is 6.18. The first-order chi connectivity index (χ1) is 9.56. The van der Waals surface area contributed by atoms with Gasteiger partial charge in [0.05, 0.1) is 17.3 Å². The van der Waals surface area contributed by atoms with Crippen molar-refractivity contribution >= 4 is 35.1 Å². The molecule has 4 nitrogen and oxygen atoms in total. The fourth-order valence-electron chi connectivity index (χ4n) is 1.36. The molecule has 0 amide bonds. The summed E-state index contributed by atoms with van der Waals surface area (Å²) in [6.07, 6.45) is 2.74. The zero-order valence-electron chi connectivity index (χ0n) is 11.9. The number of nitrogens with one attached hydrogen (secondary N) is 2. The maximum Gasteiger partial charge on any atom is 0.186 e. The van der Waals surface area contributed by atoms with E-state index in [2.05, 4.69) is 22.8 Å². The van der Waals surface area contributed by atoms with Gasteiger partial charge in [0, 0.05) is 6.54 Å². The fourth-order valence-corrected chi connectivity index (χ4v) is 1.79. The highest BCUT2D eigenvalue weighted by Crippen LogP contribution is 2.26. The van der Waals surface area contributed by atoms with Crippen molar-refractivity contribution in [1.29, 1.82) is 0 Å². The van der Waals surface area contributed by atoms with E-state index in [1.807, 2.05) is 26.0 Å². The van der Waals surface area contributed by atoms with Crippen LogP contribution in [0.5, 0.6) is 5.75 Å². The smallest absolute Gasteiger partial charge is 0.186 e. The highest BCUT2D eigenvalue weighted by Gasteiger charge is 2.06. The van der Waals surface area contributed by atoms with Gasteiger partial charge in [0.2, 0.25) is 0 Å². The Labute approximate surface area is 130 Å². The Morgan fingerprint density at radius 3 is 2.85 bits per heavy atom. The van der Waals surface area contributed by atoms with Crippen molar-refractivity contribution < 1.29 is 4.74 Å². The molecule has 1 atom stereocenters. The van der Waals surface area contributed by atoms with Gasteiger partial charge in [0.25, 0.3) is 0 Å². The molecule has 1 aromatic carbocycles. The minimum atomic E-state index is 0.145. The largest absolute Gasteiger partial charge is 0.489 e. The Balaban J connectivity index is 2.63. The number of nitrogens with zero attached hydrogens (tertiary/aromatic N) is 1. The van der Waals surface area contributed by atoms with Crippen molar-refractivity contribution in [1.82, 2.24) is 10.7 Å². The van der Waals surface area contributed by atoms with E-state index >= 15 is 0 Å². The lowest BCUT2D eigenvalue weighted by atomic mass is 10.2. The second-order valence-electron chi connectivity index (χ2n) is 4.26. The molecule has 0 saturated heterocycles. The van der Waals surface area contributed by atoms with E-state index in [1.165, 1.54) is 0 Å². The molecule has 0 aliphatic rings. The molecule has 20 heavy (non-hydrogen) atoms. The maximum absolute atomic E-state index is 6.18. The lowest BCUT2D eigenvalue weighted by molar-refractivity contribution is 0.217. The van der Waals surface area contributed by atoms with Gasteiger partial charge in [0.1, 0.15) is 5.75 Å². The van der Waals surface area contributed by atoms with Crippen LogP contribution in [0.4, 0.5) is 0 Å². The number of hydrogen-bond acceptors (Lipinski definition) is 3. The molecule has 0 radical (unpaired) electrons. The average Bonchev–Trinajstić information content (AvgIpc) is 2.42. The standard InChI is InChI=1S/C14H20ClN3OS/c1-4-10(3)19-13-7-6-11(8-12(13)15)9-17-18-14(20)16-5-2/h6-10H,4-5H2,1-3H3,(H2,16,18,20)/b17-9-/t10-/m1/s1. The number of benzene rings is 1. The Morgan fingerprint density at radius 2 is 2.25 bits per heavy atom. The van der Waals surface area contributed by atoms with Crippen LogP contribution < -0.4 is 15.5 Å². The molecule has 0 saturated carbocycles. The van der Waals surface area contributed by atoms with E-state index in [0.717, 1.165) is 18.5 Å². The third-order valence-electron chi connectivity index (χ3n) is 2.58. The number of hydrazone groups is 1. The van der Waals surface area contributed by atoms with Gasteiger partial charge in [-0.05, 0) is 56.2 Å². The second-order valence-corrected chi connectivity index (χ2v) is 5.07. The summed E-state index contributed by atoms with van der Waals surface area (Å²) in [5, 5.41) is 8.04. The van der Waals surface area contributed by atoms with E-state index in [0.29, 0.717) is 15.9 Å². The molecule has 6 heteroatoms. The minimum absolute atomic E-state index is 0.145. The zero-order valence-corrected chi connectivity index (χ0v) is 13.5. The monoisotopic (exact) mass is 313 g/mol. The minimum Gasteiger partial charge on any atom is -0.489 e. The van der Waals surface area contributed by atoms with Gasteiger partial charge in [0.15, 0.2) is 5.11 Å². The molecule has 1 aromatic rings. The Bertz CT molecular complexity index is 479. The summed E-state index contributed by atoms with van der Waals surface area (Å²) < 4.78 is 5.70. The number of rotatable bonds is 6. The third kappa shape index (κ3) is 5.75. The molecule has 0 fully saturated rings. The molecular weight excluding hydrogens is 294 g/mol. The Hall–Kier alpha value is -1.33. The van der Waals surface area contributed by atoms with E-state index < -0.39 is 0 Å². The summed E-state index contributed by atoms with van der Waals surface area (Å²) >= 11 is 11.2. The second kappa shape index (κ2) is 8.76. The van der Waals surface area contributed by atoms with Crippen LogP contribution in [0, 0.1) is 0 Å². The first-order valence-corrected chi connectivity index (χ1v) is 7.38. The summed E-state index contributed by atoms with van der Waals surface area (Å²) in [6.45, 7) is 6.80. The van der Waals surface area contributed by atoms with Crippen molar-refractivity contribution in [3.63, 3.8) is 0 Å². The molecule has 1 rings (SSSR count). The van der Waals surface area contributed by atoms with Gasteiger partial charge < -0.3 is 10.1 Å². The predicted octanol–water partition coefficient (Wildman–Crippen LogP) is 3.34. The molecular formula is C14H20ClN3OS. The summed E-state index contributed by atoms with van der Waals surface area (Å²) in [7, 11) is 0. The van der Waals surface area contributed by atoms with Gasteiger partial charge in [-0.1, -0.05) is 18.5 Å². The normalized spacial score (nSPS) is 12.2. The van der Waals surface area contributed by atoms with Crippen LogP contribution in [0.1, 0.15) is 32.8 Å². The molecule has 0 aliphatic carbocycles. The lowest BCUT2D eigenvalue weighted by Crippen LogP contribution is -2.31. The average molecular weight is 314 g/mol. The van der Waals surface area contributed by atoms with Crippen LogP contribution in [-0.2, 0) is 0 Å². The summed E-state index contributed by atoms with van der Waals surface area (Å²) in [6, 6.07) is 5.55. The van der Waals surface area contributed by atoms with Crippen LogP contribution in [0.25, 0.3) is 0 Å². The summed E-state index contributed by atoms with van der Waals surface area (Å²) in [4.78, 5) is 0. The molecule has 0 heterocycles. The Morgan fingerprint density at radius 1 is 1.50 bits per heavy atom. The van der Waals surface area contributed by atoms with E-state index in [1.54, 1.807) is 12.3 Å². The Kier molecular flexibility index (Phi) is 7.33. The lowest BCUT2D eigenvalue weighted by Gasteiger charge is -2.13. The van der Waals surface area contributed by atoms with Crippen LogP contribution >= 0.6 is 23.8 Å². The molecule has 0 spiro atoms. The summed E-state index contributed by atoms with van der Waals surface area (Å²) in [5.74, 6) is 0.689. The van der Waals surface area contributed by atoms with Crippen molar-refractivity contribution in [2.24, 2.45) is 5.10 Å². The fraction of sp³-hybridized carbons (Fsp3) is 0.429. The first kappa shape index (κ1) is 16.7. The van der Waals surface area contributed by atoms with Gasteiger partial charge in [-0.2, -0.15) is 5.10 Å². The number of ether oxygens (including phenoxy) is 1. The number of halogens is 1. The van der Waals surface area contributed by atoms with E-state index in [9.17, 15) is 0 Å². The highest BCUT2D eigenvalue weighted by molar-refractivity contribution is 7.80. The summed E-state index contributed by atoms with van der Waals surface area (Å²) in [5.41, 5.74) is 3.60. The van der Waals surface area contributed by atoms with Crippen molar-refractivity contribution in [3.05, 3.63) is 28.8 Å². The molecule has 0 bridgehead atoms. The van der Waals surface area contributed by atoms with Crippen molar-refractivity contribution in [2.75, 3.05) is 6.54 Å². The van der Waals surface area contributed by atoms with Crippen molar-refractivity contribution in [2.45, 2.75) is 33.3 Å². The van der Waals surface area contributed by atoms with Crippen LogP contribution in [0.2, 0.25) is 5.02 Å². The molecule has 0 unspecified atom stereocenters.